The van der Waals surface area contributed by atoms with E-state index in [2.05, 4.69) is 308 Å². The minimum Gasteiger partial charge on any atom is -0.338 e. The summed E-state index contributed by atoms with van der Waals surface area (Å²) in [7, 11) is 0. The first-order chi connectivity index (χ1) is 36.8. The van der Waals surface area contributed by atoms with Crippen molar-refractivity contribution in [1.82, 2.24) is 0 Å². The Labute approximate surface area is 468 Å². The van der Waals surface area contributed by atoms with E-state index in [1.54, 1.807) is 0 Å². The van der Waals surface area contributed by atoms with E-state index in [1.165, 1.54) is 123 Å². The molecule has 11 rings (SSSR count). The van der Waals surface area contributed by atoms with Gasteiger partial charge in [-0.05, 0) is 152 Å². The number of hydrogen-bond donors (Lipinski definition) is 0. The van der Waals surface area contributed by atoms with E-state index in [4.69, 9.17) is 0 Å². The molecular formula is C75H79BN2. The summed E-state index contributed by atoms with van der Waals surface area (Å²) in [5.74, 6) is 0. The van der Waals surface area contributed by atoms with Gasteiger partial charge in [-0.25, -0.2) is 0 Å². The van der Waals surface area contributed by atoms with Crippen LogP contribution in [-0.4, -0.2) is 6.71 Å². The molecule has 0 saturated carbocycles. The maximum Gasteiger partial charge on any atom is 0.252 e. The quantitative estimate of drug-likeness (QED) is 0.147. The van der Waals surface area contributed by atoms with Crippen LogP contribution < -0.4 is 26.2 Å². The summed E-state index contributed by atoms with van der Waals surface area (Å²) in [5.41, 5.74) is 27.8. The Morgan fingerprint density at radius 3 is 1.15 bits per heavy atom. The van der Waals surface area contributed by atoms with E-state index in [0.29, 0.717) is 6.54 Å². The van der Waals surface area contributed by atoms with Crippen molar-refractivity contribution in [3.8, 4) is 44.5 Å². The fraction of sp³-hybridized carbons (Fsp3) is 0.280. The van der Waals surface area contributed by atoms with Gasteiger partial charge in [0.2, 0.25) is 0 Å². The second-order valence-electron chi connectivity index (χ2n) is 27.6. The van der Waals surface area contributed by atoms with Crippen LogP contribution in [0.2, 0.25) is 0 Å². The summed E-state index contributed by atoms with van der Waals surface area (Å²) in [6.07, 6.45) is 0. The Morgan fingerprint density at radius 1 is 0.295 bits per heavy atom. The molecule has 0 saturated heterocycles. The smallest absolute Gasteiger partial charge is 0.252 e. The monoisotopic (exact) mass is 1020 g/mol. The average Bonchev–Trinajstić information content (AvgIpc) is 2.83. The molecule has 0 unspecified atom stereocenters. The SMILES string of the molecule is CC(C)(C)c1ccc2c(c1)B1c3cc(C(C)(C)C)ccc3N(c3ccc(C(C)(C)C)cc3-c3ccc(-c4ccccc4)cc3)c3cc(C(C)(C)C)cc(c31)N2Cc1ccc(C(C)(C)C)cc1-c1ccc(-c2ccccc2)cc1. The lowest BCUT2D eigenvalue weighted by Crippen LogP contribution is -2.62. The van der Waals surface area contributed by atoms with E-state index >= 15 is 0 Å². The van der Waals surface area contributed by atoms with Gasteiger partial charge in [0.1, 0.15) is 0 Å². The molecule has 9 aromatic carbocycles. The van der Waals surface area contributed by atoms with E-state index < -0.39 is 0 Å². The van der Waals surface area contributed by atoms with Gasteiger partial charge in [-0.1, -0.05) is 262 Å². The summed E-state index contributed by atoms with van der Waals surface area (Å²) in [5, 5.41) is 0. The first-order valence-electron chi connectivity index (χ1n) is 28.5. The molecule has 0 spiro atoms. The number of rotatable bonds is 7. The fourth-order valence-electron chi connectivity index (χ4n) is 11.9. The van der Waals surface area contributed by atoms with Crippen LogP contribution in [0, 0.1) is 0 Å². The van der Waals surface area contributed by atoms with E-state index in [1.807, 2.05) is 0 Å². The van der Waals surface area contributed by atoms with Crippen LogP contribution in [0.4, 0.5) is 28.4 Å². The van der Waals surface area contributed by atoms with Crippen molar-refractivity contribution < 1.29 is 0 Å². The van der Waals surface area contributed by atoms with Crippen molar-refractivity contribution in [2.75, 3.05) is 9.80 Å². The molecule has 0 aliphatic carbocycles. The second-order valence-corrected chi connectivity index (χ2v) is 27.6. The fourth-order valence-corrected chi connectivity index (χ4v) is 11.9. The minimum absolute atomic E-state index is 0.0122. The molecule has 0 radical (unpaired) electrons. The summed E-state index contributed by atoms with van der Waals surface area (Å²) in [6, 6.07) is 74.6. The van der Waals surface area contributed by atoms with Crippen molar-refractivity contribution in [2.24, 2.45) is 0 Å². The number of fused-ring (bicyclic) bond motifs is 4. The number of anilines is 5. The van der Waals surface area contributed by atoms with Crippen LogP contribution in [0.5, 0.6) is 0 Å². The maximum atomic E-state index is 2.70. The van der Waals surface area contributed by atoms with E-state index in [-0.39, 0.29) is 33.8 Å². The van der Waals surface area contributed by atoms with Gasteiger partial charge in [0.05, 0.1) is 5.69 Å². The largest absolute Gasteiger partial charge is 0.338 e. The molecule has 78 heavy (non-hydrogen) atoms. The molecule has 2 aliphatic heterocycles. The molecule has 0 N–H and O–H groups in total. The zero-order valence-corrected chi connectivity index (χ0v) is 49.2. The van der Waals surface area contributed by atoms with Gasteiger partial charge in [0.15, 0.2) is 0 Å². The maximum absolute atomic E-state index is 2.70. The van der Waals surface area contributed by atoms with Gasteiger partial charge in [0, 0.05) is 34.9 Å². The molecule has 3 heteroatoms. The first-order valence-corrected chi connectivity index (χ1v) is 28.5. The first kappa shape index (κ1) is 52.7. The number of benzene rings is 9. The van der Waals surface area contributed by atoms with Crippen molar-refractivity contribution >= 4 is 51.5 Å². The van der Waals surface area contributed by atoms with Crippen LogP contribution in [0.1, 0.15) is 137 Å². The molecule has 0 amide bonds. The highest BCUT2D eigenvalue weighted by Crippen LogP contribution is 2.49. The molecule has 2 nitrogen and oxygen atoms in total. The summed E-state index contributed by atoms with van der Waals surface area (Å²) in [4.78, 5) is 5.36. The molecule has 2 heterocycles. The Hall–Kier alpha value is -7.36. The van der Waals surface area contributed by atoms with Crippen molar-refractivity contribution in [1.29, 1.82) is 0 Å². The number of hydrogen-bond acceptors (Lipinski definition) is 2. The van der Waals surface area contributed by atoms with Gasteiger partial charge in [-0.2, -0.15) is 0 Å². The highest BCUT2D eigenvalue weighted by molar-refractivity contribution is 7.00. The predicted molar refractivity (Wildman–Crippen MR) is 340 cm³/mol. The van der Waals surface area contributed by atoms with Crippen LogP contribution in [0.3, 0.4) is 0 Å². The van der Waals surface area contributed by atoms with Crippen molar-refractivity contribution in [3.63, 3.8) is 0 Å². The molecule has 0 atom stereocenters. The predicted octanol–water partition coefficient (Wildman–Crippen LogP) is 18.8. The van der Waals surface area contributed by atoms with Gasteiger partial charge in [0.25, 0.3) is 6.71 Å². The zero-order valence-electron chi connectivity index (χ0n) is 49.2. The molecular weight excluding hydrogens is 940 g/mol. The van der Waals surface area contributed by atoms with Gasteiger partial charge in [-0.3, -0.25) is 0 Å². The molecule has 2 aliphatic rings. The molecule has 0 fully saturated rings. The van der Waals surface area contributed by atoms with Crippen LogP contribution in [-0.2, 0) is 33.6 Å². The molecule has 392 valence electrons. The molecule has 0 aromatic heterocycles. The lowest BCUT2D eigenvalue weighted by molar-refractivity contribution is 0.589. The molecule has 0 bridgehead atoms. The van der Waals surface area contributed by atoms with Crippen molar-refractivity contribution in [3.05, 3.63) is 228 Å². The minimum atomic E-state index is -0.155. The Balaban J connectivity index is 1.19. The third-order valence-corrected chi connectivity index (χ3v) is 16.8. The van der Waals surface area contributed by atoms with Crippen molar-refractivity contribution in [2.45, 2.75) is 137 Å². The van der Waals surface area contributed by atoms with E-state index in [0.717, 1.165) is 0 Å². The normalized spacial score (nSPS) is 13.6. The van der Waals surface area contributed by atoms with Gasteiger partial charge >= 0.3 is 0 Å². The van der Waals surface area contributed by atoms with Gasteiger partial charge in [-0.15, -0.1) is 0 Å². The van der Waals surface area contributed by atoms with Crippen LogP contribution in [0.25, 0.3) is 44.5 Å². The van der Waals surface area contributed by atoms with E-state index in [9.17, 15) is 0 Å². The Bertz CT molecular complexity index is 3700. The topological polar surface area (TPSA) is 6.48 Å². The molecule has 9 aromatic rings. The number of nitrogens with zero attached hydrogens (tertiary/aromatic N) is 2. The lowest BCUT2D eigenvalue weighted by atomic mass is 9.33. The average molecular weight is 1020 g/mol. The third kappa shape index (κ3) is 9.84. The second kappa shape index (κ2) is 19.2. The highest BCUT2D eigenvalue weighted by Gasteiger charge is 2.45. The zero-order chi connectivity index (χ0) is 55.3. The Morgan fingerprint density at radius 2 is 0.667 bits per heavy atom. The summed E-state index contributed by atoms with van der Waals surface area (Å²) < 4.78 is 0. The Kier molecular flexibility index (Phi) is 13.0. The highest BCUT2D eigenvalue weighted by atomic mass is 15.2. The van der Waals surface area contributed by atoms with Crippen LogP contribution in [0.15, 0.2) is 194 Å². The summed E-state index contributed by atoms with van der Waals surface area (Å²) in [6.45, 7) is 36.0. The standard InChI is InChI=1S/C75H79BN2/c1-71(2,3)56-35-34-55(61(42-56)53-30-26-51(27-31-53)49-22-18-16-19-23-49)48-77-66-40-37-58(73(7,8)9)44-63(66)76-64-45-59(74(10,11)12)38-41-67(64)78(69-47-60(75(13,14)15)46-68(77)70(69)76)65-39-36-57(72(4,5)6)43-62(65)54-32-28-52(29-33-54)50-24-20-17-21-25-50/h16-47H,48H2,1-15H3. The third-order valence-electron chi connectivity index (χ3n) is 16.8. The van der Waals surface area contributed by atoms with Crippen LogP contribution >= 0.6 is 0 Å². The summed E-state index contributed by atoms with van der Waals surface area (Å²) >= 11 is 0. The lowest BCUT2D eigenvalue weighted by Gasteiger charge is -2.46. The van der Waals surface area contributed by atoms with Gasteiger partial charge < -0.3 is 9.80 Å².